The van der Waals surface area contributed by atoms with E-state index in [1.54, 1.807) is 13.0 Å². The third-order valence-electron chi connectivity index (χ3n) is 7.03. The lowest BCUT2D eigenvalue weighted by molar-refractivity contribution is -0.136. The highest BCUT2D eigenvalue weighted by molar-refractivity contribution is 8.16. The molecule has 2 aliphatic carbocycles. The van der Waals surface area contributed by atoms with Crippen molar-refractivity contribution in [3.63, 3.8) is 0 Å². The topological polar surface area (TPSA) is 71.0 Å². The molecular formula is C24H26ClN3O3S. The molecule has 0 aromatic heterocycles. The van der Waals surface area contributed by atoms with Crippen LogP contribution in [0.4, 0.5) is 0 Å². The van der Waals surface area contributed by atoms with Crippen molar-refractivity contribution in [1.29, 1.82) is 0 Å². The first kappa shape index (κ1) is 21.6. The molecule has 4 aliphatic rings. The molecule has 168 valence electrons. The Balaban J connectivity index is 1.43. The molecule has 32 heavy (non-hydrogen) atoms. The zero-order valence-corrected chi connectivity index (χ0v) is 19.7. The first-order valence-electron chi connectivity index (χ1n) is 11.0. The van der Waals surface area contributed by atoms with Crippen LogP contribution in [0.3, 0.4) is 0 Å². The molecule has 2 bridgehead atoms. The first-order valence-corrected chi connectivity index (χ1v) is 12.3. The number of benzene rings is 1. The predicted molar refractivity (Wildman–Crippen MR) is 126 cm³/mol. The molecule has 6 nitrogen and oxygen atoms in total. The number of ether oxygens (including phenoxy) is 1. The molecule has 2 fully saturated rings. The number of thioether (sulfide) groups is 1. The molecule has 8 heteroatoms. The molecular weight excluding hydrogens is 446 g/mol. The number of halogens is 1. The zero-order chi connectivity index (χ0) is 22.4. The van der Waals surface area contributed by atoms with Gasteiger partial charge in [0.1, 0.15) is 0 Å². The number of aliphatic imine (C=N–C) groups is 1. The van der Waals surface area contributed by atoms with Gasteiger partial charge in [-0.25, -0.2) is 9.79 Å². The van der Waals surface area contributed by atoms with Gasteiger partial charge in [-0.05, 0) is 55.1 Å². The standard InChI is InChI=1S/C24H26ClN3O3S/c1-13-21(23(30)31-2)22(17-5-3-4-6-18(17)25)28-16(12-32-24(28)26-13)11-20(29)27-19-10-14-7-8-15(19)9-14/h3-6,12,14-15,19,22H,7-11H2,1-2H3,(H,27,29). The SMILES string of the molecule is COC(=O)C1=C(C)N=C2SC=C(CC(=O)NC3CC4CCC3C4)N2C1c1ccccc1Cl. The second-order valence-corrected chi connectivity index (χ2v) is 10.2. The van der Waals surface area contributed by atoms with Crippen molar-refractivity contribution in [1.82, 2.24) is 10.2 Å². The fraction of sp³-hybridized carbons (Fsp3) is 0.458. The van der Waals surface area contributed by atoms with Crippen molar-refractivity contribution < 1.29 is 14.3 Å². The van der Waals surface area contributed by atoms with Gasteiger partial charge in [-0.1, -0.05) is 48.0 Å². The second-order valence-electron chi connectivity index (χ2n) is 8.93. The van der Waals surface area contributed by atoms with Crippen molar-refractivity contribution in [2.24, 2.45) is 16.8 Å². The highest BCUT2D eigenvalue weighted by atomic mass is 35.5. The Kier molecular flexibility index (Phi) is 5.80. The Morgan fingerprint density at radius 2 is 2.09 bits per heavy atom. The molecule has 2 aliphatic heterocycles. The fourth-order valence-electron chi connectivity index (χ4n) is 5.58. The number of nitrogens with one attached hydrogen (secondary N) is 1. The average Bonchev–Trinajstić information content (AvgIpc) is 3.49. The zero-order valence-electron chi connectivity index (χ0n) is 18.1. The monoisotopic (exact) mass is 471 g/mol. The van der Waals surface area contributed by atoms with Gasteiger partial charge in [-0.2, -0.15) is 0 Å². The van der Waals surface area contributed by atoms with Crippen molar-refractivity contribution in [3.8, 4) is 0 Å². The minimum Gasteiger partial charge on any atom is -0.466 e. The van der Waals surface area contributed by atoms with Gasteiger partial charge in [0.2, 0.25) is 5.91 Å². The minimum atomic E-state index is -0.500. The molecule has 0 spiro atoms. The summed E-state index contributed by atoms with van der Waals surface area (Å²) in [4.78, 5) is 32.4. The Labute approximate surface area is 197 Å². The van der Waals surface area contributed by atoms with Crippen LogP contribution in [-0.2, 0) is 14.3 Å². The minimum absolute atomic E-state index is 0.0134. The van der Waals surface area contributed by atoms with Crippen LogP contribution in [0.15, 0.2) is 51.6 Å². The van der Waals surface area contributed by atoms with Gasteiger partial charge in [-0.3, -0.25) is 4.79 Å². The molecule has 1 aromatic carbocycles. The van der Waals surface area contributed by atoms with Crippen LogP contribution >= 0.6 is 23.4 Å². The number of fused-ring (bicyclic) bond motifs is 3. The van der Waals surface area contributed by atoms with Gasteiger partial charge in [0.05, 0.1) is 30.8 Å². The molecule has 1 amide bonds. The number of hydrogen-bond donors (Lipinski definition) is 1. The van der Waals surface area contributed by atoms with Crippen molar-refractivity contribution in [3.05, 3.63) is 57.2 Å². The summed E-state index contributed by atoms with van der Waals surface area (Å²) in [5.74, 6) is 0.959. The van der Waals surface area contributed by atoms with Crippen LogP contribution < -0.4 is 5.32 Å². The number of rotatable bonds is 5. The van der Waals surface area contributed by atoms with Gasteiger partial charge < -0.3 is 15.0 Å². The van der Waals surface area contributed by atoms with Crippen LogP contribution in [0, 0.1) is 11.8 Å². The number of esters is 1. The van der Waals surface area contributed by atoms with Crippen LogP contribution in [0.5, 0.6) is 0 Å². The quantitative estimate of drug-likeness (QED) is 0.625. The highest BCUT2D eigenvalue weighted by Crippen LogP contribution is 2.47. The number of amides is 1. The Morgan fingerprint density at radius 1 is 1.28 bits per heavy atom. The number of hydrogen-bond acceptors (Lipinski definition) is 6. The largest absolute Gasteiger partial charge is 0.466 e. The van der Waals surface area contributed by atoms with E-state index in [1.807, 2.05) is 28.5 Å². The van der Waals surface area contributed by atoms with Gasteiger partial charge in [0.15, 0.2) is 5.17 Å². The summed E-state index contributed by atoms with van der Waals surface area (Å²) in [7, 11) is 1.36. The molecule has 4 atom stereocenters. The lowest BCUT2D eigenvalue weighted by Gasteiger charge is -2.36. The Morgan fingerprint density at radius 3 is 2.78 bits per heavy atom. The number of nitrogens with zero attached hydrogens (tertiary/aromatic N) is 2. The van der Waals surface area contributed by atoms with Crippen LogP contribution in [0.1, 0.15) is 50.6 Å². The third kappa shape index (κ3) is 3.75. The normalized spacial score (nSPS) is 28.4. The van der Waals surface area contributed by atoms with Gasteiger partial charge in [0, 0.05) is 16.8 Å². The Hall–Kier alpha value is -2.25. The fourth-order valence-corrected chi connectivity index (χ4v) is 6.78. The molecule has 1 N–H and O–H groups in total. The first-order chi connectivity index (χ1) is 15.5. The second kappa shape index (κ2) is 8.60. The van der Waals surface area contributed by atoms with Crippen LogP contribution in [0.25, 0.3) is 0 Å². The molecule has 0 saturated heterocycles. The van der Waals surface area contributed by atoms with E-state index in [0.29, 0.717) is 22.2 Å². The molecule has 2 saturated carbocycles. The van der Waals surface area contributed by atoms with Crippen molar-refractivity contribution >= 4 is 40.4 Å². The number of amidine groups is 1. The van der Waals surface area contributed by atoms with E-state index in [1.165, 1.54) is 38.1 Å². The number of carbonyl (C=O) groups excluding carboxylic acids is 2. The lowest BCUT2D eigenvalue weighted by Crippen LogP contribution is -2.41. The van der Waals surface area contributed by atoms with E-state index in [4.69, 9.17) is 16.3 Å². The highest BCUT2D eigenvalue weighted by Gasteiger charge is 2.43. The van der Waals surface area contributed by atoms with Gasteiger partial charge >= 0.3 is 5.97 Å². The van der Waals surface area contributed by atoms with Gasteiger partial charge in [-0.15, -0.1) is 0 Å². The summed E-state index contributed by atoms with van der Waals surface area (Å²) in [6.07, 6.45) is 5.09. The molecule has 4 unspecified atom stereocenters. The van der Waals surface area contributed by atoms with Crippen molar-refractivity contribution in [2.45, 2.75) is 51.1 Å². The van der Waals surface area contributed by atoms with E-state index < -0.39 is 12.0 Å². The van der Waals surface area contributed by atoms with Crippen LogP contribution in [-0.4, -0.2) is 35.1 Å². The lowest BCUT2D eigenvalue weighted by atomic mass is 9.93. The summed E-state index contributed by atoms with van der Waals surface area (Å²) in [6, 6.07) is 7.25. The Bertz CT molecular complexity index is 1070. The maximum Gasteiger partial charge on any atom is 0.338 e. The van der Waals surface area contributed by atoms with E-state index in [9.17, 15) is 9.59 Å². The van der Waals surface area contributed by atoms with E-state index in [-0.39, 0.29) is 18.4 Å². The van der Waals surface area contributed by atoms with E-state index in [0.717, 1.165) is 28.8 Å². The maximum absolute atomic E-state index is 13.0. The number of carbonyl (C=O) groups is 2. The summed E-state index contributed by atoms with van der Waals surface area (Å²) in [6.45, 7) is 1.81. The maximum atomic E-state index is 13.0. The van der Waals surface area contributed by atoms with E-state index >= 15 is 0 Å². The average molecular weight is 472 g/mol. The third-order valence-corrected chi connectivity index (χ3v) is 8.26. The van der Waals surface area contributed by atoms with E-state index in [2.05, 4.69) is 10.3 Å². The number of allylic oxidation sites excluding steroid dienone is 1. The smallest absolute Gasteiger partial charge is 0.338 e. The number of methoxy groups -OCH3 is 1. The summed E-state index contributed by atoms with van der Waals surface area (Å²) in [5.41, 5.74) is 2.63. The molecule has 5 rings (SSSR count). The molecule has 1 aromatic rings. The summed E-state index contributed by atoms with van der Waals surface area (Å²) in [5, 5.41) is 6.51. The van der Waals surface area contributed by atoms with Crippen molar-refractivity contribution in [2.75, 3.05) is 7.11 Å². The summed E-state index contributed by atoms with van der Waals surface area (Å²) >= 11 is 8.03. The summed E-state index contributed by atoms with van der Waals surface area (Å²) < 4.78 is 5.09. The van der Waals surface area contributed by atoms with Crippen LogP contribution in [0.2, 0.25) is 5.02 Å². The predicted octanol–water partition coefficient (Wildman–Crippen LogP) is 4.78. The van der Waals surface area contributed by atoms with Gasteiger partial charge in [0.25, 0.3) is 0 Å². The molecule has 2 heterocycles. The molecule has 0 radical (unpaired) electrons.